The molecule has 1 N–H and O–H groups in total. The molecule has 2 amide bonds. The van der Waals surface area contributed by atoms with Gasteiger partial charge in [-0.25, -0.2) is 9.67 Å². The van der Waals surface area contributed by atoms with Gasteiger partial charge >= 0.3 is 0 Å². The zero-order valence-corrected chi connectivity index (χ0v) is 17.2. The number of rotatable bonds is 8. The van der Waals surface area contributed by atoms with Gasteiger partial charge in [0.05, 0.1) is 4.92 Å². The average molecular weight is 422 g/mol. The molecule has 160 valence electrons. The molecular weight excluding hydrogens is 400 g/mol. The number of nitrogens with one attached hydrogen (secondary N) is 1. The summed E-state index contributed by atoms with van der Waals surface area (Å²) < 4.78 is 1.26. The summed E-state index contributed by atoms with van der Waals surface area (Å²) in [6.45, 7) is 3.93. The lowest BCUT2D eigenvalue weighted by atomic mass is 10.1. The third-order valence-electron chi connectivity index (χ3n) is 4.62. The first kappa shape index (κ1) is 21.6. The molecule has 10 nitrogen and oxygen atoms in total. The van der Waals surface area contributed by atoms with Crippen LogP contribution < -0.4 is 5.32 Å². The molecule has 10 heteroatoms. The van der Waals surface area contributed by atoms with Crippen molar-refractivity contribution in [3.8, 4) is 5.69 Å². The summed E-state index contributed by atoms with van der Waals surface area (Å²) in [5.74, 6) is -0.806. The van der Waals surface area contributed by atoms with Crippen LogP contribution in [-0.2, 0) is 4.79 Å². The van der Waals surface area contributed by atoms with Crippen molar-refractivity contribution in [1.82, 2.24) is 19.7 Å². The van der Waals surface area contributed by atoms with E-state index in [-0.39, 0.29) is 29.4 Å². The first-order valence-electron chi connectivity index (χ1n) is 9.69. The molecule has 1 heterocycles. The van der Waals surface area contributed by atoms with E-state index in [0.29, 0.717) is 18.7 Å². The van der Waals surface area contributed by atoms with Crippen LogP contribution in [0.25, 0.3) is 5.69 Å². The topological polar surface area (TPSA) is 123 Å². The number of hydrogen-bond donors (Lipinski definition) is 1. The highest BCUT2D eigenvalue weighted by Gasteiger charge is 2.23. The number of aromatic nitrogens is 3. The molecule has 31 heavy (non-hydrogen) atoms. The number of hydrogen-bond acceptors (Lipinski definition) is 6. The van der Waals surface area contributed by atoms with Crippen LogP contribution in [0.15, 0.2) is 55.1 Å². The maximum atomic E-state index is 13.1. The van der Waals surface area contributed by atoms with Crippen LogP contribution in [0.4, 0.5) is 11.4 Å². The van der Waals surface area contributed by atoms with E-state index < -0.39 is 10.8 Å². The second-order valence-electron chi connectivity index (χ2n) is 6.89. The Bertz CT molecular complexity index is 1100. The number of nitrogens with zero attached hydrogens (tertiary/aromatic N) is 5. The summed E-state index contributed by atoms with van der Waals surface area (Å²) in [6.07, 6.45) is 3.23. The fourth-order valence-electron chi connectivity index (χ4n) is 3.11. The maximum absolute atomic E-state index is 13.1. The number of nitro benzene ring substituents is 1. The van der Waals surface area contributed by atoms with Gasteiger partial charge in [-0.05, 0) is 37.1 Å². The lowest BCUT2D eigenvalue weighted by Crippen LogP contribution is -2.38. The standard InChI is InChI=1S/C21H22N6O4/c1-3-10-25(12-20(28)24-17-7-5-4-6-15(17)2)21(29)16-8-9-18(19(11-16)27(30)31)26-14-22-13-23-26/h4-9,11,13-14H,3,10,12H2,1-2H3,(H,24,28). The third-order valence-corrected chi connectivity index (χ3v) is 4.62. The Morgan fingerprint density at radius 1 is 1.23 bits per heavy atom. The first-order chi connectivity index (χ1) is 14.9. The smallest absolute Gasteiger partial charge is 0.295 e. The highest BCUT2D eigenvalue weighted by molar-refractivity contribution is 6.00. The molecule has 0 spiro atoms. The zero-order valence-electron chi connectivity index (χ0n) is 17.2. The van der Waals surface area contributed by atoms with Gasteiger partial charge in [-0.15, -0.1) is 0 Å². The van der Waals surface area contributed by atoms with Crippen LogP contribution >= 0.6 is 0 Å². The minimum atomic E-state index is -0.581. The Kier molecular flexibility index (Phi) is 6.71. The monoisotopic (exact) mass is 422 g/mol. The first-order valence-corrected chi connectivity index (χ1v) is 9.69. The minimum absolute atomic E-state index is 0.118. The summed E-state index contributed by atoms with van der Waals surface area (Å²) >= 11 is 0. The van der Waals surface area contributed by atoms with E-state index >= 15 is 0 Å². The van der Waals surface area contributed by atoms with Crippen LogP contribution in [0, 0.1) is 17.0 Å². The molecule has 1 aromatic heterocycles. The fraction of sp³-hybridized carbons (Fsp3) is 0.238. The second-order valence-corrected chi connectivity index (χ2v) is 6.89. The molecule has 0 aliphatic heterocycles. The Morgan fingerprint density at radius 3 is 2.65 bits per heavy atom. The Morgan fingerprint density at radius 2 is 2.00 bits per heavy atom. The summed E-state index contributed by atoms with van der Waals surface area (Å²) in [5, 5.41) is 18.3. The molecule has 0 atom stereocenters. The number of carbonyl (C=O) groups is 2. The molecule has 0 bridgehead atoms. The van der Waals surface area contributed by atoms with Crippen LogP contribution in [0.3, 0.4) is 0 Å². The van der Waals surface area contributed by atoms with Gasteiger partial charge in [-0.1, -0.05) is 25.1 Å². The number of nitro groups is 1. The average Bonchev–Trinajstić information content (AvgIpc) is 3.29. The second kappa shape index (κ2) is 9.61. The summed E-state index contributed by atoms with van der Waals surface area (Å²) in [6, 6.07) is 11.5. The van der Waals surface area contributed by atoms with E-state index in [1.807, 2.05) is 32.0 Å². The number of para-hydroxylation sites is 1. The molecule has 3 rings (SSSR count). The molecule has 2 aromatic carbocycles. The van der Waals surface area contributed by atoms with Crippen LogP contribution in [0.5, 0.6) is 0 Å². The number of carbonyl (C=O) groups excluding carboxylic acids is 2. The van der Waals surface area contributed by atoms with Crippen molar-refractivity contribution < 1.29 is 14.5 Å². The van der Waals surface area contributed by atoms with E-state index in [0.717, 1.165) is 5.56 Å². The Hall–Kier alpha value is -4.08. The molecule has 0 radical (unpaired) electrons. The van der Waals surface area contributed by atoms with Crippen LogP contribution in [0.1, 0.15) is 29.3 Å². The molecule has 0 saturated carbocycles. The largest absolute Gasteiger partial charge is 0.329 e. The minimum Gasteiger partial charge on any atom is -0.329 e. The molecule has 0 unspecified atom stereocenters. The summed E-state index contributed by atoms with van der Waals surface area (Å²) in [7, 11) is 0. The highest BCUT2D eigenvalue weighted by Crippen LogP contribution is 2.24. The number of aryl methyl sites for hydroxylation is 1. The lowest BCUT2D eigenvalue weighted by Gasteiger charge is -2.22. The van der Waals surface area contributed by atoms with Gasteiger partial charge in [0.15, 0.2) is 0 Å². The molecule has 0 saturated heterocycles. The van der Waals surface area contributed by atoms with Gasteiger partial charge in [0, 0.05) is 23.9 Å². The number of amides is 2. The van der Waals surface area contributed by atoms with Crippen molar-refractivity contribution in [2.45, 2.75) is 20.3 Å². The van der Waals surface area contributed by atoms with E-state index in [9.17, 15) is 19.7 Å². The van der Waals surface area contributed by atoms with Crippen molar-refractivity contribution >= 4 is 23.2 Å². The predicted molar refractivity (Wildman–Crippen MR) is 114 cm³/mol. The van der Waals surface area contributed by atoms with Crippen molar-refractivity contribution in [1.29, 1.82) is 0 Å². The molecule has 3 aromatic rings. The number of benzene rings is 2. The van der Waals surface area contributed by atoms with Gasteiger partial charge in [-0.2, -0.15) is 5.10 Å². The quantitative estimate of drug-likeness (QED) is 0.440. The molecule has 0 fully saturated rings. The summed E-state index contributed by atoms with van der Waals surface area (Å²) in [5.41, 5.74) is 1.61. The number of anilines is 1. The maximum Gasteiger partial charge on any atom is 0.295 e. The van der Waals surface area contributed by atoms with E-state index in [2.05, 4.69) is 15.4 Å². The van der Waals surface area contributed by atoms with Crippen LogP contribution in [-0.4, -0.2) is 49.5 Å². The zero-order chi connectivity index (χ0) is 22.4. The van der Waals surface area contributed by atoms with Crippen molar-refractivity contribution in [2.75, 3.05) is 18.4 Å². The van der Waals surface area contributed by atoms with Gasteiger partial charge in [-0.3, -0.25) is 19.7 Å². The van der Waals surface area contributed by atoms with Crippen molar-refractivity contribution in [2.24, 2.45) is 0 Å². The SMILES string of the molecule is CCCN(CC(=O)Nc1ccccc1C)C(=O)c1ccc(-n2cncn2)c([N+](=O)[O-])c1. The van der Waals surface area contributed by atoms with Gasteiger partial charge in [0.1, 0.15) is 24.9 Å². The molecule has 0 aliphatic carbocycles. The predicted octanol–water partition coefficient (Wildman–Crippen LogP) is 2.97. The molecular formula is C21H22N6O4. The van der Waals surface area contributed by atoms with Gasteiger partial charge in [0.25, 0.3) is 11.6 Å². The van der Waals surface area contributed by atoms with Crippen molar-refractivity contribution in [3.63, 3.8) is 0 Å². The Balaban J connectivity index is 1.82. The normalized spacial score (nSPS) is 10.5. The third kappa shape index (κ3) is 5.10. The van der Waals surface area contributed by atoms with E-state index in [1.54, 1.807) is 6.07 Å². The van der Waals surface area contributed by atoms with Crippen LogP contribution in [0.2, 0.25) is 0 Å². The van der Waals surface area contributed by atoms with E-state index in [1.165, 1.54) is 40.4 Å². The highest BCUT2D eigenvalue weighted by atomic mass is 16.6. The molecule has 0 aliphatic rings. The fourth-order valence-corrected chi connectivity index (χ4v) is 3.11. The Labute approximate surface area is 178 Å². The van der Waals surface area contributed by atoms with Gasteiger partial charge in [0.2, 0.25) is 5.91 Å². The van der Waals surface area contributed by atoms with E-state index in [4.69, 9.17) is 0 Å². The van der Waals surface area contributed by atoms with Crippen molar-refractivity contribution in [3.05, 3.63) is 76.4 Å². The van der Waals surface area contributed by atoms with Gasteiger partial charge < -0.3 is 10.2 Å². The lowest BCUT2D eigenvalue weighted by molar-refractivity contribution is -0.384. The summed E-state index contributed by atoms with van der Waals surface area (Å²) in [4.78, 5) is 41.7.